The van der Waals surface area contributed by atoms with E-state index in [9.17, 15) is 0 Å². The van der Waals surface area contributed by atoms with Crippen LogP contribution < -0.4 is 0 Å². The zero-order valence-corrected chi connectivity index (χ0v) is 8.55. The van der Waals surface area contributed by atoms with Crippen molar-refractivity contribution in [2.45, 2.75) is 20.3 Å². The van der Waals surface area contributed by atoms with E-state index in [-0.39, 0.29) is 0 Å². The Hall–Kier alpha value is -0.920. The fourth-order valence-electron chi connectivity index (χ4n) is 0.766. The van der Waals surface area contributed by atoms with Crippen molar-refractivity contribution in [1.29, 1.82) is 0 Å². The fraction of sp³-hybridized carbons (Fsp3) is 0.600. The topological polar surface area (TPSA) is 12.5 Å². The third-order valence-electron chi connectivity index (χ3n) is 1.55. The van der Waals surface area contributed by atoms with Crippen LogP contribution in [0.3, 0.4) is 0 Å². The second kappa shape index (κ2) is 5.70. The summed E-state index contributed by atoms with van der Waals surface area (Å²) in [6.07, 6.45) is 2.97. The van der Waals surface area contributed by atoms with Crippen LogP contribution in [0.4, 0.5) is 0 Å². The highest BCUT2D eigenvalue weighted by atomic mass is 16.5. The standard InChI is InChI=1S/C10H19NO/c1-6-8-12-10(7-2)9(3)11(4)5/h7H,3,6,8H2,1-2,4-5H3/b10-7+. The van der Waals surface area contributed by atoms with Gasteiger partial charge in [0.25, 0.3) is 0 Å². The Morgan fingerprint density at radius 1 is 1.50 bits per heavy atom. The van der Waals surface area contributed by atoms with Crippen molar-refractivity contribution < 1.29 is 4.74 Å². The summed E-state index contributed by atoms with van der Waals surface area (Å²) in [5.41, 5.74) is 0.922. The summed E-state index contributed by atoms with van der Waals surface area (Å²) in [5.74, 6) is 0.877. The first-order valence-corrected chi connectivity index (χ1v) is 4.29. The van der Waals surface area contributed by atoms with E-state index >= 15 is 0 Å². The van der Waals surface area contributed by atoms with Gasteiger partial charge in [-0.3, -0.25) is 0 Å². The Morgan fingerprint density at radius 3 is 2.42 bits per heavy atom. The van der Waals surface area contributed by atoms with Gasteiger partial charge in [0.1, 0.15) is 5.76 Å². The molecule has 0 amide bonds. The van der Waals surface area contributed by atoms with E-state index < -0.39 is 0 Å². The van der Waals surface area contributed by atoms with Crippen LogP contribution in [-0.2, 0) is 4.74 Å². The Morgan fingerprint density at radius 2 is 2.08 bits per heavy atom. The molecule has 0 bridgehead atoms. The molecule has 0 spiro atoms. The summed E-state index contributed by atoms with van der Waals surface area (Å²) >= 11 is 0. The maximum Gasteiger partial charge on any atom is 0.137 e. The fourth-order valence-corrected chi connectivity index (χ4v) is 0.766. The lowest BCUT2D eigenvalue weighted by molar-refractivity contribution is 0.207. The minimum atomic E-state index is 0.756. The molecule has 0 aromatic carbocycles. The van der Waals surface area contributed by atoms with E-state index in [0.717, 1.165) is 24.5 Å². The number of allylic oxidation sites excluding steroid dienone is 1. The Kier molecular flexibility index (Phi) is 5.26. The lowest BCUT2D eigenvalue weighted by Crippen LogP contribution is -2.13. The zero-order valence-electron chi connectivity index (χ0n) is 8.55. The molecule has 0 rings (SSSR count). The normalized spacial score (nSPS) is 11.2. The first-order valence-electron chi connectivity index (χ1n) is 4.29. The number of rotatable bonds is 5. The number of hydrogen-bond acceptors (Lipinski definition) is 2. The summed E-state index contributed by atoms with van der Waals surface area (Å²) in [7, 11) is 3.92. The lowest BCUT2D eigenvalue weighted by atomic mass is 10.3. The Labute approximate surface area is 75.5 Å². The molecule has 0 aliphatic carbocycles. The van der Waals surface area contributed by atoms with Crippen LogP contribution >= 0.6 is 0 Å². The Balaban J connectivity index is 4.08. The van der Waals surface area contributed by atoms with Gasteiger partial charge in [-0.15, -0.1) is 0 Å². The zero-order chi connectivity index (χ0) is 9.56. The molecule has 70 valence electrons. The predicted molar refractivity (Wildman–Crippen MR) is 52.8 cm³/mol. The van der Waals surface area contributed by atoms with E-state index in [2.05, 4.69) is 13.5 Å². The maximum absolute atomic E-state index is 5.48. The van der Waals surface area contributed by atoms with Crippen LogP contribution in [0.2, 0.25) is 0 Å². The van der Waals surface area contributed by atoms with E-state index in [1.807, 2.05) is 32.0 Å². The molecule has 2 heteroatoms. The first kappa shape index (κ1) is 11.1. The third kappa shape index (κ3) is 3.46. The molecule has 0 heterocycles. The highest BCUT2D eigenvalue weighted by molar-refractivity contribution is 5.19. The van der Waals surface area contributed by atoms with Gasteiger partial charge in [-0.25, -0.2) is 0 Å². The van der Waals surface area contributed by atoms with E-state index in [1.54, 1.807) is 0 Å². The summed E-state index contributed by atoms with van der Waals surface area (Å²) in [5, 5.41) is 0. The summed E-state index contributed by atoms with van der Waals surface area (Å²) in [4.78, 5) is 1.95. The van der Waals surface area contributed by atoms with E-state index in [1.165, 1.54) is 0 Å². The molecule has 0 fully saturated rings. The molecule has 0 aromatic heterocycles. The summed E-state index contributed by atoms with van der Waals surface area (Å²) in [6.45, 7) is 8.71. The van der Waals surface area contributed by atoms with Crippen molar-refractivity contribution in [2.75, 3.05) is 20.7 Å². The van der Waals surface area contributed by atoms with Gasteiger partial charge >= 0.3 is 0 Å². The smallest absolute Gasteiger partial charge is 0.137 e. The molecule has 12 heavy (non-hydrogen) atoms. The quantitative estimate of drug-likeness (QED) is 0.463. The van der Waals surface area contributed by atoms with Gasteiger partial charge in [0, 0.05) is 14.1 Å². The second-order valence-corrected chi connectivity index (χ2v) is 2.84. The number of hydrogen-bond donors (Lipinski definition) is 0. The molecular weight excluding hydrogens is 150 g/mol. The first-order chi connectivity index (χ1) is 5.63. The van der Waals surface area contributed by atoms with Crippen molar-refractivity contribution in [3.63, 3.8) is 0 Å². The van der Waals surface area contributed by atoms with Crippen molar-refractivity contribution in [3.05, 3.63) is 24.1 Å². The molecule has 2 nitrogen and oxygen atoms in total. The van der Waals surface area contributed by atoms with E-state index in [4.69, 9.17) is 4.74 Å². The van der Waals surface area contributed by atoms with Gasteiger partial charge in [-0.05, 0) is 19.4 Å². The highest BCUT2D eigenvalue weighted by Gasteiger charge is 2.03. The lowest BCUT2D eigenvalue weighted by Gasteiger charge is -2.18. The van der Waals surface area contributed by atoms with Gasteiger partial charge in [0.2, 0.25) is 0 Å². The van der Waals surface area contributed by atoms with Crippen LogP contribution in [0.15, 0.2) is 24.1 Å². The summed E-state index contributed by atoms with van der Waals surface area (Å²) < 4.78 is 5.48. The maximum atomic E-state index is 5.48. The predicted octanol–water partition coefficient (Wildman–Crippen LogP) is 2.39. The largest absolute Gasteiger partial charge is 0.492 e. The molecule has 0 aromatic rings. The molecular formula is C10H19NO. The van der Waals surface area contributed by atoms with E-state index in [0.29, 0.717) is 0 Å². The van der Waals surface area contributed by atoms with Gasteiger partial charge in [-0.1, -0.05) is 13.5 Å². The SMILES string of the molecule is C=C(/C(=C\C)OCCC)N(C)C. The molecule has 0 saturated carbocycles. The average Bonchev–Trinajstić information content (AvgIpc) is 2.05. The van der Waals surface area contributed by atoms with Crippen molar-refractivity contribution >= 4 is 0 Å². The molecule has 0 N–H and O–H groups in total. The van der Waals surface area contributed by atoms with Crippen LogP contribution in [0, 0.1) is 0 Å². The third-order valence-corrected chi connectivity index (χ3v) is 1.55. The second-order valence-electron chi connectivity index (χ2n) is 2.84. The molecule has 0 aliphatic heterocycles. The Bertz CT molecular complexity index is 171. The van der Waals surface area contributed by atoms with Crippen molar-refractivity contribution in [2.24, 2.45) is 0 Å². The minimum absolute atomic E-state index is 0.756. The molecule has 0 unspecified atom stereocenters. The van der Waals surface area contributed by atoms with Gasteiger partial charge in [0.05, 0.1) is 12.3 Å². The number of likely N-dealkylation sites (N-methyl/N-ethyl adjacent to an activating group) is 1. The number of ether oxygens (including phenoxy) is 1. The van der Waals surface area contributed by atoms with Crippen LogP contribution in [0.25, 0.3) is 0 Å². The van der Waals surface area contributed by atoms with Crippen molar-refractivity contribution in [1.82, 2.24) is 4.90 Å². The highest BCUT2D eigenvalue weighted by Crippen LogP contribution is 2.11. The van der Waals surface area contributed by atoms with Crippen LogP contribution in [0.5, 0.6) is 0 Å². The van der Waals surface area contributed by atoms with Crippen LogP contribution in [0.1, 0.15) is 20.3 Å². The van der Waals surface area contributed by atoms with Gasteiger partial charge in [0.15, 0.2) is 0 Å². The van der Waals surface area contributed by atoms with Gasteiger partial charge in [-0.2, -0.15) is 0 Å². The molecule has 0 saturated heterocycles. The molecule has 0 atom stereocenters. The number of nitrogens with zero attached hydrogens (tertiary/aromatic N) is 1. The summed E-state index contributed by atoms with van der Waals surface area (Å²) in [6, 6.07) is 0. The minimum Gasteiger partial charge on any atom is -0.492 e. The molecule has 0 aliphatic rings. The molecule has 0 radical (unpaired) electrons. The average molecular weight is 169 g/mol. The monoisotopic (exact) mass is 169 g/mol. The van der Waals surface area contributed by atoms with Crippen LogP contribution in [-0.4, -0.2) is 25.6 Å². The van der Waals surface area contributed by atoms with Gasteiger partial charge < -0.3 is 9.64 Å². The van der Waals surface area contributed by atoms with Crippen molar-refractivity contribution in [3.8, 4) is 0 Å².